The zero-order chi connectivity index (χ0) is 33.8. The molecule has 250 valence electrons. The van der Waals surface area contributed by atoms with Crippen molar-refractivity contribution in [2.75, 3.05) is 31.6 Å². The van der Waals surface area contributed by atoms with Gasteiger partial charge < -0.3 is 23.8 Å². The summed E-state index contributed by atoms with van der Waals surface area (Å²) >= 11 is 0. The largest absolute Gasteiger partial charge is 0.472 e. The number of imidazole rings is 1. The number of amides is 1. The van der Waals surface area contributed by atoms with Gasteiger partial charge in [-0.15, -0.1) is 0 Å². The third-order valence-corrected chi connectivity index (χ3v) is 9.24. The topological polar surface area (TPSA) is 116 Å². The molecule has 0 N–H and O–H groups in total. The van der Waals surface area contributed by atoms with Crippen LogP contribution in [0.2, 0.25) is 0 Å². The van der Waals surface area contributed by atoms with Crippen LogP contribution in [-0.2, 0) is 16.1 Å². The highest BCUT2D eigenvalue weighted by atomic mass is 19.1. The molecule has 8 rings (SSSR count). The summed E-state index contributed by atoms with van der Waals surface area (Å²) < 4.78 is 44.7. The molecule has 6 heterocycles. The van der Waals surface area contributed by atoms with Gasteiger partial charge in [-0.25, -0.2) is 33.4 Å². The normalized spacial score (nSPS) is 19.7. The molecular formula is C35H33F2N9O3. The molecule has 1 saturated heterocycles. The molecule has 0 radical (unpaired) electrons. The Bertz CT molecular complexity index is 2220. The predicted octanol–water partition coefficient (Wildman–Crippen LogP) is 4.72. The van der Waals surface area contributed by atoms with Gasteiger partial charge in [-0.1, -0.05) is 12.1 Å². The summed E-state index contributed by atoms with van der Waals surface area (Å²) in [7, 11) is 1.78. The van der Waals surface area contributed by atoms with Gasteiger partial charge in [0.1, 0.15) is 41.6 Å². The van der Waals surface area contributed by atoms with Crippen molar-refractivity contribution < 1.29 is 23.0 Å². The quantitative estimate of drug-likeness (QED) is 0.264. The Labute approximate surface area is 279 Å². The fourth-order valence-corrected chi connectivity index (χ4v) is 7.06. The van der Waals surface area contributed by atoms with Crippen LogP contribution in [0.3, 0.4) is 0 Å². The first-order chi connectivity index (χ1) is 23.8. The highest BCUT2D eigenvalue weighted by Gasteiger charge is 2.42. The van der Waals surface area contributed by atoms with Crippen LogP contribution in [0, 0.1) is 18.6 Å². The minimum Gasteiger partial charge on any atom is -0.472 e. The molecule has 1 fully saturated rings. The Balaban J connectivity index is 1.22. The molecule has 3 atom stereocenters. The molecule has 49 heavy (non-hydrogen) atoms. The van der Waals surface area contributed by atoms with E-state index in [4.69, 9.17) is 14.5 Å². The van der Waals surface area contributed by atoms with E-state index in [0.29, 0.717) is 55.4 Å². The molecule has 1 unspecified atom stereocenters. The average molecular weight is 666 g/mol. The molecule has 12 nitrogen and oxygen atoms in total. The van der Waals surface area contributed by atoms with Crippen LogP contribution in [0.5, 0.6) is 5.88 Å². The van der Waals surface area contributed by atoms with Crippen molar-refractivity contribution in [3.05, 3.63) is 84.7 Å². The monoisotopic (exact) mass is 665 g/mol. The van der Waals surface area contributed by atoms with Crippen molar-refractivity contribution in [3.8, 4) is 22.7 Å². The molecule has 2 aromatic carbocycles. The molecule has 14 heteroatoms. The second kappa shape index (κ2) is 12.2. The van der Waals surface area contributed by atoms with Crippen LogP contribution in [-0.4, -0.2) is 90.1 Å². The third-order valence-electron chi connectivity index (χ3n) is 9.24. The third kappa shape index (κ3) is 5.41. The first-order valence-corrected chi connectivity index (χ1v) is 16.1. The van der Waals surface area contributed by atoms with E-state index in [9.17, 15) is 13.6 Å². The second-order valence-electron chi connectivity index (χ2n) is 12.4. The van der Waals surface area contributed by atoms with Gasteiger partial charge in [0.15, 0.2) is 11.5 Å². The molecule has 0 aliphatic carbocycles. The summed E-state index contributed by atoms with van der Waals surface area (Å²) in [5, 5.41) is 4.88. The van der Waals surface area contributed by atoms with Crippen molar-refractivity contribution in [2.45, 2.75) is 45.1 Å². The Morgan fingerprint density at radius 2 is 1.92 bits per heavy atom. The molecule has 6 aromatic rings. The second-order valence-corrected chi connectivity index (χ2v) is 12.4. The van der Waals surface area contributed by atoms with Gasteiger partial charge in [0, 0.05) is 50.5 Å². The zero-order valence-corrected chi connectivity index (χ0v) is 27.1. The molecule has 0 saturated carbocycles. The Morgan fingerprint density at radius 3 is 2.76 bits per heavy atom. The highest BCUT2D eigenvalue weighted by Crippen LogP contribution is 2.35. The van der Waals surface area contributed by atoms with E-state index in [-0.39, 0.29) is 17.7 Å². The number of anilines is 1. The number of likely N-dealkylation sites (N-methyl/N-ethyl adjacent to an activating group) is 1. The van der Waals surface area contributed by atoms with Crippen LogP contribution in [0.4, 0.5) is 14.6 Å². The van der Waals surface area contributed by atoms with E-state index < -0.39 is 23.8 Å². The highest BCUT2D eigenvalue weighted by molar-refractivity contribution is 5.94. The van der Waals surface area contributed by atoms with Crippen LogP contribution >= 0.6 is 0 Å². The number of pyridine rings is 1. The van der Waals surface area contributed by atoms with E-state index in [1.54, 1.807) is 18.1 Å². The molecule has 0 spiro atoms. The summed E-state index contributed by atoms with van der Waals surface area (Å²) in [5.74, 6) is 0.107. The van der Waals surface area contributed by atoms with Gasteiger partial charge in [-0.2, -0.15) is 5.10 Å². The van der Waals surface area contributed by atoms with E-state index in [1.165, 1.54) is 23.3 Å². The number of nitrogens with zero attached hydrogens (tertiary/aromatic N) is 9. The number of hydrogen-bond donors (Lipinski definition) is 0. The lowest BCUT2D eigenvalue weighted by molar-refractivity contribution is -0.133. The lowest BCUT2D eigenvalue weighted by Gasteiger charge is -2.31. The minimum atomic E-state index is -0.782. The number of rotatable bonds is 4. The number of carbonyl (C=O) groups is 1. The number of para-hydroxylation sites is 1. The summed E-state index contributed by atoms with van der Waals surface area (Å²) in [5.41, 5.74) is 4.12. The molecule has 4 aromatic heterocycles. The van der Waals surface area contributed by atoms with Gasteiger partial charge >= 0.3 is 0 Å². The summed E-state index contributed by atoms with van der Waals surface area (Å²) in [4.78, 5) is 36.3. The molecule has 2 aliphatic rings. The van der Waals surface area contributed by atoms with Gasteiger partial charge in [-0.3, -0.25) is 4.79 Å². The smallest absolute Gasteiger partial charge is 0.245 e. The molecular weight excluding hydrogens is 632 g/mol. The molecule has 1 amide bonds. The number of hydrogen-bond acceptors (Lipinski definition) is 9. The Morgan fingerprint density at radius 1 is 1.04 bits per heavy atom. The predicted molar refractivity (Wildman–Crippen MR) is 177 cm³/mol. The van der Waals surface area contributed by atoms with Gasteiger partial charge in [0.05, 0.1) is 41.8 Å². The van der Waals surface area contributed by atoms with Crippen LogP contribution < -0.4 is 9.64 Å². The van der Waals surface area contributed by atoms with E-state index >= 15 is 0 Å². The van der Waals surface area contributed by atoms with Crippen LogP contribution in [0.1, 0.15) is 19.2 Å². The number of carbonyl (C=O) groups excluding carboxylic acids is 1. The van der Waals surface area contributed by atoms with Crippen molar-refractivity contribution in [2.24, 2.45) is 0 Å². The number of aromatic nitrogens is 7. The van der Waals surface area contributed by atoms with Crippen LogP contribution in [0.25, 0.3) is 38.9 Å². The maximum atomic E-state index is 14.8. The van der Waals surface area contributed by atoms with Crippen molar-refractivity contribution in [3.63, 3.8) is 0 Å². The van der Waals surface area contributed by atoms with Gasteiger partial charge in [0.2, 0.25) is 11.8 Å². The fraction of sp³-hybridized carbons (Fsp3) is 0.314. The SMILES string of the molecule is CCOC1CN(C)C(=O)[C@@H]2C[C@@H](CN2c2ncnc3c2cnn3-c2ccc(F)cc2F)Oc2cc(ccn2)-c2cccc3nc(C)n(c23)C1. The first-order valence-electron chi connectivity index (χ1n) is 16.1. The number of benzene rings is 2. The summed E-state index contributed by atoms with van der Waals surface area (Å²) in [6.07, 6.45) is 4.22. The van der Waals surface area contributed by atoms with E-state index in [2.05, 4.69) is 30.7 Å². The summed E-state index contributed by atoms with van der Waals surface area (Å²) in [6, 6.07) is 12.5. The van der Waals surface area contributed by atoms with E-state index in [1.807, 2.05) is 43.0 Å². The average Bonchev–Trinajstić information content (AvgIpc) is 3.79. The Hall–Kier alpha value is -5.50. The lowest BCUT2D eigenvalue weighted by atomic mass is 10.0. The Kier molecular flexibility index (Phi) is 7.66. The zero-order valence-electron chi connectivity index (χ0n) is 27.1. The van der Waals surface area contributed by atoms with Crippen LogP contribution in [0.15, 0.2) is 67.3 Å². The van der Waals surface area contributed by atoms with E-state index in [0.717, 1.165) is 40.1 Å². The van der Waals surface area contributed by atoms with Crippen molar-refractivity contribution in [1.29, 1.82) is 0 Å². The minimum absolute atomic E-state index is 0.0392. The first kappa shape index (κ1) is 30.8. The number of halogens is 2. The lowest BCUT2D eigenvalue weighted by Crippen LogP contribution is -2.47. The molecule has 2 aliphatic heterocycles. The molecule has 4 bridgehead atoms. The van der Waals surface area contributed by atoms with Gasteiger partial charge in [-0.05, 0) is 43.7 Å². The number of aryl methyl sites for hydroxylation is 1. The van der Waals surface area contributed by atoms with Gasteiger partial charge in [0.25, 0.3) is 0 Å². The van der Waals surface area contributed by atoms with Crippen molar-refractivity contribution in [1.82, 2.24) is 39.2 Å². The standard InChI is InChI=1S/C35H33F2N9O3/c1-4-48-24-16-43(3)35(47)30-14-23(49-31-12-21(10-11-38-31)25-6-5-7-28-32(25)44(18-24)20(2)42-28)17-45(30)33-26-15-41-46(34(26)40-19-39-33)29-9-8-22(36)13-27(29)37/h5-13,15,19,23-24,30H,4,14,16-18H2,1-3H3/t23-,24?,30-/m0/s1. The number of fused-ring (bicyclic) bond motifs is 6. The number of ether oxygens (including phenoxy) is 2. The summed E-state index contributed by atoms with van der Waals surface area (Å²) in [6.45, 7) is 5.53. The maximum absolute atomic E-state index is 14.8. The maximum Gasteiger partial charge on any atom is 0.245 e. The fourth-order valence-electron chi connectivity index (χ4n) is 7.06. The van der Waals surface area contributed by atoms with Crippen molar-refractivity contribution >= 4 is 33.8 Å².